The summed E-state index contributed by atoms with van der Waals surface area (Å²) in [5, 5.41) is 21.5. The van der Waals surface area contributed by atoms with Crippen molar-refractivity contribution in [2.45, 2.75) is 90.3 Å². The number of imidazole rings is 1. The molecule has 26 heavy (non-hydrogen) atoms. The SMILES string of the molecule is CC(C)[Si](OC(CC(C)(C)O)n1cc([N+](=O)[O-])nc1Br)(C(C)C)C(C)C. The van der Waals surface area contributed by atoms with Crippen LogP contribution in [0.3, 0.4) is 0 Å². The Kier molecular flexibility index (Phi) is 7.60. The minimum Gasteiger partial charge on any atom is -0.396 e. The van der Waals surface area contributed by atoms with Crippen LogP contribution in [0.1, 0.15) is 68.0 Å². The predicted molar refractivity (Wildman–Crippen MR) is 109 cm³/mol. The Bertz CT molecular complexity index is 604. The molecule has 0 fully saturated rings. The zero-order valence-electron chi connectivity index (χ0n) is 17.0. The molecule has 0 aliphatic rings. The molecule has 0 bridgehead atoms. The quantitative estimate of drug-likeness (QED) is 0.309. The topological polar surface area (TPSA) is 90.4 Å². The van der Waals surface area contributed by atoms with Gasteiger partial charge in [0.2, 0.25) is 8.32 Å². The van der Waals surface area contributed by atoms with Gasteiger partial charge in [-0.1, -0.05) is 41.5 Å². The molecule has 9 heteroatoms. The van der Waals surface area contributed by atoms with E-state index in [0.717, 1.165) is 0 Å². The highest BCUT2D eigenvalue weighted by Gasteiger charge is 2.48. The lowest BCUT2D eigenvalue weighted by atomic mass is 10.0. The van der Waals surface area contributed by atoms with E-state index in [1.807, 2.05) is 0 Å². The van der Waals surface area contributed by atoms with Gasteiger partial charge in [0.15, 0.2) is 0 Å². The molecule has 0 saturated heterocycles. The van der Waals surface area contributed by atoms with Crippen molar-refractivity contribution in [1.29, 1.82) is 0 Å². The van der Waals surface area contributed by atoms with E-state index in [1.54, 1.807) is 18.4 Å². The molecular formula is C17H32BrN3O4Si. The molecule has 7 nitrogen and oxygen atoms in total. The first-order valence-corrected chi connectivity index (χ1v) is 11.9. The van der Waals surface area contributed by atoms with Gasteiger partial charge in [-0.2, -0.15) is 0 Å². The number of rotatable bonds is 9. The van der Waals surface area contributed by atoms with Crippen molar-refractivity contribution in [2.24, 2.45) is 0 Å². The standard InChI is InChI=1S/C17H32BrN3O4Si/c1-11(2)26(12(3)4,13(5)6)25-15(9-17(7,8)22)20-10-14(21(23)24)19-16(20)18/h10-13,15,22H,9H2,1-8H3. The summed E-state index contributed by atoms with van der Waals surface area (Å²) >= 11 is 3.31. The normalized spacial score (nSPS) is 14.5. The first-order chi connectivity index (χ1) is 11.7. The van der Waals surface area contributed by atoms with Crippen LogP contribution in [0.5, 0.6) is 0 Å². The summed E-state index contributed by atoms with van der Waals surface area (Å²) in [5.74, 6) is -0.243. The Labute approximate surface area is 165 Å². The van der Waals surface area contributed by atoms with Crippen molar-refractivity contribution in [3.05, 3.63) is 21.0 Å². The van der Waals surface area contributed by atoms with Crippen LogP contribution in [-0.4, -0.2) is 33.5 Å². The van der Waals surface area contributed by atoms with E-state index < -0.39 is 25.1 Å². The van der Waals surface area contributed by atoms with Crippen LogP contribution in [0.4, 0.5) is 5.82 Å². The van der Waals surface area contributed by atoms with Crippen LogP contribution < -0.4 is 0 Å². The Morgan fingerprint density at radius 2 is 1.73 bits per heavy atom. The highest BCUT2D eigenvalue weighted by Crippen LogP contribution is 2.46. The Morgan fingerprint density at radius 3 is 2.04 bits per heavy atom. The second kappa shape index (κ2) is 8.49. The molecule has 0 aliphatic heterocycles. The maximum absolute atomic E-state index is 11.1. The molecule has 0 radical (unpaired) electrons. The molecule has 1 aromatic rings. The molecule has 1 N–H and O–H groups in total. The van der Waals surface area contributed by atoms with Crippen molar-refractivity contribution in [2.75, 3.05) is 0 Å². The van der Waals surface area contributed by atoms with Crippen LogP contribution in [0.2, 0.25) is 16.6 Å². The van der Waals surface area contributed by atoms with Gasteiger partial charge in [0.25, 0.3) is 4.73 Å². The van der Waals surface area contributed by atoms with E-state index in [9.17, 15) is 15.2 Å². The van der Waals surface area contributed by atoms with Crippen molar-refractivity contribution in [3.63, 3.8) is 0 Å². The third-order valence-corrected chi connectivity index (χ3v) is 11.6. The van der Waals surface area contributed by atoms with Gasteiger partial charge in [-0.25, -0.2) is 0 Å². The molecule has 1 unspecified atom stereocenters. The zero-order valence-corrected chi connectivity index (χ0v) is 19.6. The number of nitro groups is 1. The van der Waals surface area contributed by atoms with Crippen molar-refractivity contribution in [3.8, 4) is 0 Å². The molecule has 1 heterocycles. The third kappa shape index (κ3) is 5.14. The van der Waals surface area contributed by atoms with Gasteiger partial charge in [0, 0.05) is 22.4 Å². The second-order valence-electron chi connectivity index (χ2n) is 8.44. The van der Waals surface area contributed by atoms with Crippen LogP contribution in [-0.2, 0) is 4.43 Å². The van der Waals surface area contributed by atoms with Crippen molar-refractivity contribution < 1.29 is 14.5 Å². The smallest absolute Gasteiger partial charge is 0.382 e. The number of aromatic nitrogens is 2. The average Bonchev–Trinajstić information content (AvgIpc) is 2.83. The number of halogens is 1. The highest BCUT2D eigenvalue weighted by molar-refractivity contribution is 9.10. The van der Waals surface area contributed by atoms with E-state index >= 15 is 0 Å². The largest absolute Gasteiger partial charge is 0.396 e. The summed E-state index contributed by atoms with van der Waals surface area (Å²) in [6.45, 7) is 16.5. The summed E-state index contributed by atoms with van der Waals surface area (Å²) in [7, 11) is -2.26. The van der Waals surface area contributed by atoms with Gasteiger partial charge >= 0.3 is 5.82 Å². The predicted octanol–water partition coefficient (Wildman–Crippen LogP) is 5.41. The summed E-state index contributed by atoms with van der Waals surface area (Å²) < 4.78 is 8.77. The Balaban J connectivity index is 3.45. The van der Waals surface area contributed by atoms with E-state index in [2.05, 4.69) is 62.5 Å². The monoisotopic (exact) mass is 449 g/mol. The van der Waals surface area contributed by atoms with Crippen molar-refractivity contribution >= 4 is 30.1 Å². The summed E-state index contributed by atoms with van der Waals surface area (Å²) in [5.41, 5.74) is 0.0612. The fourth-order valence-corrected chi connectivity index (χ4v) is 9.91. The van der Waals surface area contributed by atoms with Crippen LogP contribution in [0.25, 0.3) is 0 Å². The number of hydrogen-bond donors (Lipinski definition) is 1. The maximum atomic E-state index is 11.1. The minimum atomic E-state index is -2.26. The van der Waals surface area contributed by atoms with Gasteiger partial charge in [-0.3, -0.25) is 4.57 Å². The molecule has 1 aromatic heterocycles. The van der Waals surface area contributed by atoms with E-state index in [0.29, 0.717) is 27.8 Å². The van der Waals surface area contributed by atoms with Gasteiger partial charge < -0.3 is 19.6 Å². The third-order valence-electron chi connectivity index (χ3n) is 4.89. The van der Waals surface area contributed by atoms with Gasteiger partial charge in [-0.15, -0.1) is 0 Å². The molecule has 0 aliphatic carbocycles. The minimum absolute atomic E-state index is 0.243. The molecule has 0 saturated carbocycles. The lowest BCUT2D eigenvalue weighted by Gasteiger charge is -2.45. The second-order valence-corrected chi connectivity index (χ2v) is 14.6. The van der Waals surface area contributed by atoms with Crippen molar-refractivity contribution in [1.82, 2.24) is 9.55 Å². The summed E-state index contributed by atoms with van der Waals surface area (Å²) in [6, 6.07) is 0. The van der Waals surface area contributed by atoms with Crippen LogP contribution >= 0.6 is 15.9 Å². The number of aliphatic hydroxyl groups is 1. The van der Waals surface area contributed by atoms with Crippen LogP contribution in [0.15, 0.2) is 10.9 Å². The average molecular weight is 450 g/mol. The highest BCUT2D eigenvalue weighted by atomic mass is 79.9. The fourth-order valence-electron chi connectivity index (χ4n) is 3.92. The Hall–Kier alpha value is -0.773. The molecular weight excluding hydrogens is 418 g/mol. The molecule has 150 valence electrons. The van der Waals surface area contributed by atoms with Gasteiger partial charge in [0.1, 0.15) is 12.4 Å². The van der Waals surface area contributed by atoms with Gasteiger partial charge in [-0.05, 0) is 40.4 Å². The molecule has 0 aromatic carbocycles. The van der Waals surface area contributed by atoms with E-state index in [4.69, 9.17) is 4.43 Å². The maximum Gasteiger partial charge on any atom is 0.382 e. The molecule has 0 amide bonds. The lowest BCUT2D eigenvalue weighted by molar-refractivity contribution is -0.389. The van der Waals surface area contributed by atoms with E-state index in [-0.39, 0.29) is 5.82 Å². The first-order valence-electron chi connectivity index (χ1n) is 9.01. The van der Waals surface area contributed by atoms with Crippen LogP contribution in [0, 0.1) is 10.1 Å². The lowest BCUT2D eigenvalue weighted by Crippen LogP contribution is -2.50. The van der Waals surface area contributed by atoms with Gasteiger partial charge in [0.05, 0.1) is 5.60 Å². The Morgan fingerprint density at radius 1 is 1.27 bits per heavy atom. The number of nitrogens with zero attached hydrogens (tertiary/aromatic N) is 3. The molecule has 1 atom stereocenters. The first kappa shape index (κ1) is 23.3. The summed E-state index contributed by atoms with van der Waals surface area (Å²) in [4.78, 5) is 14.5. The fraction of sp³-hybridized carbons (Fsp3) is 0.824. The number of hydrogen-bond acceptors (Lipinski definition) is 5. The zero-order chi connectivity index (χ0) is 20.4. The van der Waals surface area contributed by atoms with E-state index in [1.165, 1.54) is 6.20 Å². The molecule has 0 spiro atoms. The summed E-state index contributed by atoms with van der Waals surface area (Å²) in [6.07, 6.45) is 1.14. The molecule has 1 rings (SSSR count).